The third-order valence-electron chi connectivity index (χ3n) is 5.20. The number of benzene rings is 1. The van der Waals surface area contributed by atoms with E-state index in [9.17, 15) is 4.39 Å². The third-order valence-corrected chi connectivity index (χ3v) is 5.20. The van der Waals surface area contributed by atoms with Gasteiger partial charge >= 0.3 is 0 Å². The Hall–Kier alpha value is -1.09. The van der Waals surface area contributed by atoms with Crippen LogP contribution in [0.25, 0.3) is 0 Å². The summed E-state index contributed by atoms with van der Waals surface area (Å²) in [5.74, 6) is 0.758. The van der Waals surface area contributed by atoms with E-state index in [1.165, 1.54) is 38.5 Å². The second-order valence-corrected chi connectivity index (χ2v) is 6.47. The van der Waals surface area contributed by atoms with Gasteiger partial charge in [0.15, 0.2) is 0 Å². The van der Waals surface area contributed by atoms with E-state index in [0.717, 1.165) is 30.3 Å². The normalized spacial score (nSPS) is 25.7. The van der Waals surface area contributed by atoms with Gasteiger partial charge < -0.3 is 10.2 Å². The lowest BCUT2D eigenvalue weighted by molar-refractivity contribution is 0.243. The fourth-order valence-electron chi connectivity index (χ4n) is 4.17. The van der Waals surface area contributed by atoms with Crippen molar-refractivity contribution in [1.82, 2.24) is 5.32 Å². The second-order valence-electron chi connectivity index (χ2n) is 6.47. The van der Waals surface area contributed by atoms with Crippen LogP contribution < -0.4 is 10.2 Å². The lowest BCUT2D eigenvalue weighted by Gasteiger charge is -2.46. The first kappa shape index (κ1) is 14.8. The summed E-state index contributed by atoms with van der Waals surface area (Å²) >= 11 is 0. The summed E-state index contributed by atoms with van der Waals surface area (Å²) in [7, 11) is 0. The van der Waals surface area contributed by atoms with Crippen molar-refractivity contribution < 1.29 is 4.39 Å². The molecule has 2 fully saturated rings. The number of anilines is 1. The topological polar surface area (TPSA) is 15.3 Å². The number of nitrogens with zero attached hydrogens (tertiary/aromatic N) is 1. The summed E-state index contributed by atoms with van der Waals surface area (Å²) < 4.78 is 14.3. The Morgan fingerprint density at radius 2 is 2.00 bits per heavy atom. The minimum absolute atomic E-state index is 0.0635. The highest BCUT2D eigenvalue weighted by atomic mass is 19.1. The molecule has 0 aromatic heterocycles. The van der Waals surface area contributed by atoms with Crippen LogP contribution in [0, 0.1) is 11.7 Å². The van der Waals surface area contributed by atoms with Gasteiger partial charge in [-0.2, -0.15) is 0 Å². The van der Waals surface area contributed by atoms with Gasteiger partial charge in [-0.3, -0.25) is 0 Å². The van der Waals surface area contributed by atoms with E-state index in [1.54, 1.807) is 6.07 Å². The van der Waals surface area contributed by atoms with Crippen molar-refractivity contribution in [3.05, 3.63) is 29.6 Å². The van der Waals surface area contributed by atoms with Crippen LogP contribution in [0.15, 0.2) is 18.2 Å². The Morgan fingerprint density at radius 1 is 1.19 bits per heavy atom. The van der Waals surface area contributed by atoms with Crippen molar-refractivity contribution >= 4 is 5.69 Å². The van der Waals surface area contributed by atoms with Crippen LogP contribution in [0.3, 0.4) is 0 Å². The number of hydrogen-bond acceptors (Lipinski definition) is 2. The van der Waals surface area contributed by atoms with E-state index in [0.29, 0.717) is 12.6 Å². The van der Waals surface area contributed by atoms with Gasteiger partial charge in [-0.15, -0.1) is 0 Å². The molecule has 116 valence electrons. The first-order valence-electron chi connectivity index (χ1n) is 8.56. The summed E-state index contributed by atoms with van der Waals surface area (Å²) in [6.07, 6.45) is 7.95. The van der Waals surface area contributed by atoms with Crippen LogP contribution in [-0.4, -0.2) is 19.1 Å². The molecular formula is C18H27FN2. The van der Waals surface area contributed by atoms with Gasteiger partial charge in [0.2, 0.25) is 0 Å². The quantitative estimate of drug-likeness (QED) is 0.898. The number of nitrogens with one attached hydrogen (secondary N) is 1. The zero-order valence-electron chi connectivity index (χ0n) is 13.1. The molecule has 1 aliphatic carbocycles. The Balaban J connectivity index is 1.89. The van der Waals surface area contributed by atoms with Crippen LogP contribution in [0.5, 0.6) is 0 Å². The van der Waals surface area contributed by atoms with Gasteiger partial charge in [0.05, 0.1) is 0 Å². The summed E-state index contributed by atoms with van der Waals surface area (Å²) in [6, 6.07) is 6.22. The molecule has 0 unspecified atom stereocenters. The molecule has 1 aliphatic heterocycles. The Morgan fingerprint density at radius 3 is 2.86 bits per heavy atom. The molecule has 3 heteroatoms. The van der Waals surface area contributed by atoms with E-state index in [4.69, 9.17) is 0 Å². The van der Waals surface area contributed by atoms with Crippen molar-refractivity contribution in [2.45, 2.75) is 58.0 Å². The maximum Gasteiger partial charge on any atom is 0.129 e. The van der Waals surface area contributed by atoms with Crippen LogP contribution >= 0.6 is 0 Å². The molecular weight excluding hydrogens is 263 g/mol. The number of hydrogen-bond donors (Lipinski definition) is 1. The summed E-state index contributed by atoms with van der Waals surface area (Å²) in [4.78, 5) is 2.52. The van der Waals surface area contributed by atoms with Crippen molar-refractivity contribution in [2.75, 3.05) is 18.0 Å². The van der Waals surface area contributed by atoms with Gasteiger partial charge in [-0.25, -0.2) is 4.39 Å². The first-order valence-corrected chi connectivity index (χ1v) is 8.56. The largest absolute Gasteiger partial charge is 0.368 e. The highest BCUT2D eigenvalue weighted by Crippen LogP contribution is 2.39. The van der Waals surface area contributed by atoms with Gasteiger partial charge in [0.25, 0.3) is 0 Å². The minimum Gasteiger partial charge on any atom is -0.368 e. The molecule has 0 bridgehead atoms. The monoisotopic (exact) mass is 290 g/mol. The van der Waals surface area contributed by atoms with Gasteiger partial charge in [0, 0.05) is 30.4 Å². The average molecular weight is 290 g/mol. The Kier molecular flexibility index (Phi) is 4.79. The van der Waals surface area contributed by atoms with Crippen LogP contribution in [0.1, 0.15) is 51.0 Å². The molecule has 2 aliphatic rings. The Labute approximate surface area is 127 Å². The Bertz CT molecular complexity index is 472. The fraction of sp³-hybridized carbons (Fsp3) is 0.667. The number of piperidine rings is 1. The lowest BCUT2D eigenvalue weighted by atomic mass is 9.78. The number of rotatable bonds is 4. The number of fused-ring (bicyclic) bond motifs is 1. The minimum atomic E-state index is -0.0635. The van der Waals surface area contributed by atoms with E-state index in [1.807, 2.05) is 6.07 Å². The van der Waals surface area contributed by atoms with Gasteiger partial charge in [0.1, 0.15) is 5.82 Å². The molecule has 1 heterocycles. The molecule has 1 N–H and O–H groups in total. The second kappa shape index (κ2) is 6.78. The molecule has 0 amide bonds. The molecule has 2 nitrogen and oxygen atoms in total. The molecule has 1 aromatic carbocycles. The molecule has 21 heavy (non-hydrogen) atoms. The van der Waals surface area contributed by atoms with E-state index in [2.05, 4.69) is 23.2 Å². The maximum atomic E-state index is 14.3. The maximum absolute atomic E-state index is 14.3. The molecule has 0 radical (unpaired) electrons. The van der Waals surface area contributed by atoms with Crippen molar-refractivity contribution in [3.63, 3.8) is 0 Å². The van der Waals surface area contributed by atoms with Crippen molar-refractivity contribution in [1.29, 1.82) is 0 Å². The highest BCUT2D eigenvalue weighted by molar-refractivity contribution is 5.55. The smallest absolute Gasteiger partial charge is 0.129 e. The molecule has 1 saturated heterocycles. The predicted octanol–water partition coefficient (Wildman–Crippen LogP) is 4.09. The van der Waals surface area contributed by atoms with Crippen molar-refractivity contribution in [3.8, 4) is 0 Å². The third kappa shape index (κ3) is 3.08. The van der Waals surface area contributed by atoms with Crippen molar-refractivity contribution in [2.24, 2.45) is 5.92 Å². The first-order chi connectivity index (χ1) is 10.3. The lowest BCUT2D eigenvalue weighted by Crippen LogP contribution is -2.47. The average Bonchev–Trinajstić information content (AvgIpc) is 2.53. The zero-order chi connectivity index (χ0) is 14.7. The zero-order valence-corrected chi connectivity index (χ0v) is 13.1. The fourth-order valence-corrected chi connectivity index (χ4v) is 4.17. The van der Waals surface area contributed by atoms with Crippen LogP contribution in [0.2, 0.25) is 0 Å². The molecule has 3 rings (SSSR count). The van der Waals surface area contributed by atoms with E-state index >= 15 is 0 Å². The van der Waals surface area contributed by atoms with Crippen LogP contribution in [0.4, 0.5) is 10.1 Å². The van der Waals surface area contributed by atoms with E-state index < -0.39 is 0 Å². The van der Waals surface area contributed by atoms with Crippen LogP contribution in [-0.2, 0) is 6.54 Å². The molecule has 1 saturated carbocycles. The summed E-state index contributed by atoms with van der Waals surface area (Å²) in [5.41, 5.74) is 1.98. The highest BCUT2D eigenvalue weighted by Gasteiger charge is 2.34. The SMILES string of the molecule is CCNCc1c(F)cccc1N1CCC[C@H]2CCCC[C@H]21. The standard InChI is InChI=1S/C18H27FN2/c1-2-20-13-15-16(19)9-5-11-18(15)21-12-6-8-14-7-3-4-10-17(14)21/h5,9,11,14,17,20H,2-4,6-8,10,12-13H2,1H3/t14-,17-/m1/s1. The van der Waals surface area contributed by atoms with Gasteiger partial charge in [-0.05, 0) is 50.3 Å². The predicted molar refractivity (Wildman–Crippen MR) is 86.1 cm³/mol. The van der Waals surface area contributed by atoms with Gasteiger partial charge in [-0.1, -0.05) is 25.8 Å². The molecule has 0 spiro atoms. The molecule has 1 aromatic rings. The van der Waals surface area contributed by atoms with E-state index in [-0.39, 0.29) is 5.82 Å². The summed E-state index contributed by atoms with van der Waals surface area (Å²) in [6.45, 7) is 4.66. The molecule has 2 atom stereocenters. The summed E-state index contributed by atoms with van der Waals surface area (Å²) in [5, 5.41) is 3.29. The number of halogens is 1.